The zero-order valence-corrected chi connectivity index (χ0v) is 13.6. The monoisotopic (exact) mass is 328 g/mol. The van der Waals surface area contributed by atoms with Gasteiger partial charge in [0.1, 0.15) is 0 Å². The second kappa shape index (κ2) is 10.0. The third-order valence-corrected chi connectivity index (χ3v) is 3.72. The van der Waals surface area contributed by atoms with Crippen LogP contribution in [0.2, 0.25) is 10.0 Å². The van der Waals surface area contributed by atoms with Gasteiger partial charge in [-0.3, -0.25) is 4.79 Å². The van der Waals surface area contributed by atoms with E-state index in [2.05, 4.69) is 10.6 Å². The van der Waals surface area contributed by atoms with Crippen LogP contribution in [0.25, 0.3) is 0 Å². The summed E-state index contributed by atoms with van der Waals surface area (Å²) >= 11 is 11.8. The van der Waals surface area contributed by atoms with Gasteiger partial charge in [-0.15, -0.1) is 0 Å². The third kappa shape index (κ3) is 6.68. The van der Waals surface area contributed by atoms with Crippen molar-refractivity contribution in [3.05, 3.63) is 48.7 Å². The highest BCUT2D eigenvalue weighted by Crippen LogP contribution is 2.19. The normalized spacial score (nSPS) is 18.5. The molecule has 2 rings (SSSR count). The molecule has 0 saturated carbocycles. The molecule has 0 bridgehead atoms. The fourth-order valence-electron chi connectivity index (χ4n) is 2.28. The fraction of sp³-hybridized carbons (Fsp3) is 0.438. The predicted octanol–water partition coefficient (Wildman–Crippen LogP) is 3.91. The van der Waals surface area contributed by atoms with Crippen LogP contribution in [0.1, 0.15) is 36.0 Å². The smallest absolute Gasteiger partial charge is 0.251 e. The Morgan fingerprint density at radius 2 is 1.71 bits per heavy atom. The van der Waals surface area contributed by atoms with E-state index in [1.807, 2.05) is 0 Å². The molecule has 0 aliphatic carbocycles. The van der Waals surface area contributed by atoms with E-state index >= 15 is 0 Å². The van der Waals surface area contributed by atoms with Crippen LogP contribution >= 0.6 is 23.2 Å². The number of rotatable bonds is 2. The van der Waals surface area contributed by atoms with Crippen LogP contribution < -0.4 is 10.6 Å². The van der Waals surface area contributed by atoms with Crippen LogP contribution in [0.5, 0.6) is 0 Å². The molecule has 1 aliphatic rings. The lowest BCUT2D eigenvalue weighted by Crippen LogP contribution is -2.38. The van der Waals surface area contributed by atoms with Gasteiger partial charge in [-0.2, -0.15) is 0 Å². The lowest BCUT2D eigenvalue weighted by Gasteiger charge is -2.21. The highest BCUT2D eigenvalue weighted by Gasteiger charge is 2.15. The van der Waals surface area contributed by atoms with Crippen molar-refractivity contribution < 1.29 is 4.79 Å². The summed E-state index contributed by atoms with van der Waals surface area (Å²) in [7, 11) is 0. The number of nitrogens with one attached hydrogen (secondary N) is 2. The summed E-state index contributed by atoms with van der Waals surface area (Å²) < 4.78 is 0. The Bertz CT molecular complexity index is 424. The second-order valence-corrected chi connectivity index (χ2v) is 5.74. The Morgan fingerprint density at radius 1 is 1.05 bits per heavy atom. The molecule has 1 aromatic carbocycles. The number of hydrogen-bond donors (Lipinski definition) is 2. The fourth-order valence-corrected chi connectivity index (χ4v) is 2.81. The van der Waals surface area contributed by atoms with E-state index in [0.717, 1.165) is 38.8 Å². The Hall–Kier alpha value is -0.770. The topological polar surface area (TPSA) is 41.1 Å². The average Bonchev–Trinajstić information content (AvgIpc) is 2.31. The van der Waals surface area contributed by atoms with Crippen molar-refractivity contribution in [1.82, 2.24) is 10.6 Å². The van der Waals surface area contributed by atoms with Crippen LogP contribution in [-0.4, -0.2) is 25.0 Å². The molecular weight excluding hydrogens is 307 g/mol. The minimum absolute atomic E-state index is 0. The lowest BCUT2D eigenvalue weighted by molar-refractivity contribution is 0.0931. The Morgan fingerprint density at radius 3 is 2.38 bits per heavy atom. The van der Waals surface area contributed by atoms with Gasteiger partial charge in [0.05, 0.1) is 0 Å². The first-order chi connectivity index (χ1) is 9.15. The summed E-state index contributed by atoms with van der Waals surface area (Å²) in [5, 5.41) is 7.38. The van der Waals surface area contributed by atoms with E-state index < -0.39 is 0 Å². The molecule has 0 spiro atoms. The molecule has 2 N–H and O–H groups in total. The molecule has 1 amide bonds. The van der Waals surface area contributed by atoms with Crippen LogP contribution in [-0.2, 0) is 0 Å². The predicted molar refractivity (Wildman–Crippen MR) is 89.8 cm³/mol. The second-order valence-electron chi connectivity index (χ2n) is 4.86. The van der Waals surface area contributed by atoms with Gasteiger partial charge in [-0.05, 0) is 50.6 Å². The first-order valence-electron chi connectivity index (χ1n) is 6.63. The van der Waals surface area contributed by atoms with Gasteiger partial charge in [0.25, 0.3) is 5.91 Å². The van der Waals surface area contributed by atoms with Crippen molar-refractivity contribution in [2.24, 2.45) is 0 Å². The van der Waals surface area contributed by atoms with Crippen LogP contribution in [0, 0.1) is 14.9 Å². The molecular formula is C16H22Cl2N2O. The molecule has 1 atom stereocenters. The number of benzene rings is 1. The van der Waals surface area contributed by atoms with E-state index in [1.54, 1.807) is 18.2 Å². The van der Waals surface area contributed by atoms with Crippen molar-refractivity contribution in [2.75, 3.05) is 13.1 Å². The van der Waals surface area contributed by atoms with Gasteiger partial charge in [0.15, 0.2) is 0 Å². The molecule has 0 aromatic heterocycles. The summed E-state index contributed by atoms with van der Waals surface area (Å²) in [4.78, 5) is 12.2. The zero-order valence-electron chi connectivity index (χ0n) is 12.1. The lowest BCUT2D eigenvalue weighted by atomic mass is 10.0. The molecule has 1 aliphatic heterocycles. The minimum Gasteiger partial charge on any atom is -0.349 e. The largest absolute Gasteiger partial charge is 0.349 e. The van der Waals surface area contributed by atoms with Crippen molar-refractivity contribution in [1.29, 1.82) is 0 Å². The highest BCUT2D eigenvalue weighted by molar-refractivity contribution is 6.35. The van der Waals surface area contributed by atoms with Crippen LogP contribution in [0.3, 0.4) is 0 Å². The van der Waals surface area contributed by atoms with E-state index in [-0.39, 0.29) is 26.8 Å². The first kappa shape index (κ1) is 20.2. The Kier molecular flexibility index (Phi) is 9.67. The summed E-state index contributed by atoms with van der Waals surface area (Å²) in [5.74, 6) is -0.102. The number of carbonyl (C=O) groups excluding carboxylic acids is 1. The zero-order chi connectivity index (χ0) is 13.7. The van der Waals surface area contributed by atoms with Gasteiger partial charge in [-0.25, -0.2) is 0 Å². The standard InChI is InChI=1S/C14H18Cl2N2O.2CH2/c15-11-7-10(8-12(16)9-11)14(19)18-13-3-1-2-5-17-6-4-13;;/h7-9,13,17H,1-6H2,(H,18,19);2*1H2. The minimum atomic E-state index is -0.102. The van der Waals surface area contributed by atoms with Crippen molar-refractivity contribution in [3.8, 4) is 0 Å². The Labute approximate surface area is 138 Å². The number of carbonyl (C=O) groups is 1. The molecule has 1 unspecified atom stereocenters. The van der Waals surface area contributed by atoms with Crippen LogP contribution in [0.4, 0.5) is 0 Å². The average molecular weight is 329 g/mol. The number of amides is 1. The molecule has 5 heteroatoms. The molecule has 3 nitrogen and oxygen atoms in total. The SMILES string of the molecule is O=C(NC1CCCCNCC1)c1cc(Cl)cc(Cl)c1.[CH2].[CH2]. The maximum atomic E-state index is 12.2. The number of halogens is 2. The molecule has 4 radical (unpaired) electrons. The maximum Gasteiger partial charge on any atom is 0.251 e. The summed E-state index contributed by atoms with van der Waals surface area (Å²) in [6.07, 6.45) is 4.28. The summed E-state index contributed by atoms with van der Waals surface area (Å²) in [6.45, 7) is 2.02. The van der Waals surface area contributed by atoms with E-state index in [9.17, 15) is 4.79 Å². The van der Waals surface area contributed by atoms with Crippen molar-refractivity contribution >= 4 is 29.1 Å². The van der Waals surface area contributed by atoms with Gasteiger partial charge in [0.2, 0.25) is 0 Å². The van der Waals surface area contributed by atoms with E-state index in [0.29, 0.717) is 15.6 Å². The van der Waals surface area contributed by atoms with E-state index in [4.69, 9.17) is 23.2 Å². The molecule has 21 heavy (non-hydrogen) atoms. The first-order valence-corrected chi connectivity index (χ1v) is 7.38. The third-order valence-electron chi connectivity index (χ3n) is 3.29. The van der Waals surface area contributed by atoms with Crippen molar-refractivity contribution in [3.63, 3.8) is 0 Å². The summed E-state index contributed by atoms with van der Waals surface area (Å²) in [5.41, 5.74) is 0.521. The van der Waals surface area contributed by atoms with Crippen molar-refractivity contribution in [2.45, 2.75) is 31.7 Å². The van der Waals surface area contributed by atoms with Gasteiger partial charge >= 0.3 is 0 Å². The quantitative estimate of drug-likeness (QED) is 0.864. The molecule has 1 fully saturated rings. The van der Waals surface area contributed by atoms with Gasteiger partial charge < -0.3 is 10.6 Å². The number of hydrogen-bond acceptors (Lipinski definition) is 2. The summed E-state index contributed by atoms with van der Waals surface area (Å²) in [6, 6.07) is 5.13. The molecule has 116 valence electrons. The molecule has 1 saturated heterocycles. The van der Waals surface area contributed by atoms with Gasteiger partial charge in [0, 0.05) is 21.7 Å². The molecule has 1 aromatic rings. The van der Waals surface area contributed by atoms with Crippen LogP contribution in [0.15, 0.2) is 18.2 Å². The maximum absolute atomic E-state index is 12.2. The Balaban J connectivity index is 0.00000200. The highest BCUT2D eigenvalue weighted by atomic mass is 35.5. The van der Waals surface area contributed by atoms with Gasteiger partial charge in [-0.1, -0.05) is 44.5 Å². The van der Waals surface area contributed by atoms with E-state index in [1.165, 1.54) is 0 Å². The molecule has 1 heterocycles.